The largest absolute Gasteiger partial charge is 0.359 e. The molecule has 6 heteroatoms. The molecule has 0 saturated heterocycles. The molecular weight excluding hydrogens is 172 g/mol. The Hall–Kier alpha value is -1.40. The Morgan fingerprint density at radius 1 is 1.77 bits per heavy atom. The number of amides is 1. The van der Waals surface area contributed by atoms with Gasteiger partial charge in [0, 0.05) is 6.07 Å². The number of carbonyl (C=O) groups is 1. The first-order chi connectivity index (χ1) is 6.27. The van der Waals surface area contributed by atoms with Crippen LogP contribution in [0.2, 0.25) is 0 Å². The molecule has 0 aliphatic heterocycles. The second kappa shape index (κ2) is 4.58. The molecule has 0 saturated carbocycles. The van der Waals surface area contributed by atoms with E-state index in [0.717, 1.165) is 6.54 Å². The summed E-state index contributed by atoms with van der Waals surface area (Å²) >= 11 is 0. The zero-order valence-corrected chi connectivity index (χ0v) is 7.33. The van der Waals surface area contributed by atoms with Gasteiger partial charge in [0.1, 0.15) is 0 Å². The van der Waals surface area contributed by atoms with Crippen molar-refractivity contribution < 1.29 is 9.32 Å². The number of aromatic nitrogens is 1. The molecule has 0 atom stereocenters. The Morgan fingerprint density at radius 3 is 3.15 bits per heavy atom. The highest BCUT2D eigenvalue weighted by Gasteiger charge is 2.09. The number of nitrogens with one attached hydrogen (secondary N) is 2. The lowest BCUT2D eigenvalue weighted by atomic mass is 10.3. The zero-order chi connectivity index (χ0) is 9.68. The van der Waals surface area contributed by atoms with Gasteiger partial charge in [-0.05, 0) is 6.54 Å². The van der Waals surface area contributed by atoms with Crippen molar-refractivity contribution in [2.24, 2.45) is 5.84 Å². The Balaban J connectivity index is 2.58. The summed E-state index contributed by atoms with van der Waals surface area (Å²) in [6.45, 7) is 3.37. The molecule has 0 aromatic carbocycles. The molecule has 0 bridgehead atoms. The van der Waals surface area contributed by atoms with Crippen molar-refractivity contribution in [3.63, 3.8) is 0 Å². The van der Waals surface area contributed by atoms with Crippen molar-refractivity contribution in [1.29, 1.82) is 0 Å². The number of hydrazine groups is 1. The Bertz CT molecular complexity index is 284. The van der Waals surface area contributed by atoms with E-state index in [4.69, 9.17) is 10.4 Å². The minimum Gasteiger partial charge on any atom is -0.359 e. The monoisotopic (exact) mass is 184 g/mol. The standard InChI is InChI=1S/C7H12N4O2/c1-2-9-4-5-3-6(11-13-5)7(12)10-8/h3,9H,2,4,8H2,1H3,(H,10,12). The van der Waals surface area contributed by atoms with Gasteiger partial charge in [-0.25, -0.2) is 5.84 Å². The van der Waals surface area contributed by atoms with Gasteiger partial charge in [-0.1, -0.05) is 12.1 Å². The predicted molar refractivity (Wildman–Crippen MR) is 45.5 cm³/mol. The first-order valence-corrected chi connectivity index (χ1v) is 3.95. The van der Waals surface area contributed by atoms with Gasteiger partial charge in [-0.15, -0.1) is 0 Å². The van der Waals surface area contributed by atoms with Crippen LogP contribution in [-0.4, -0.2) is 17.6 Å². The quantitative estimate of drug-likeness (QED) is 0.329. The van der Waals surface area contributed by atoms with Crippen LogP contribution in [0.5, 0.6) is 0 Å². The van der Waals surface area contributed by atoms with Crippen molar-refractivity contribution >= 4 is 5.91 Å². The number of carbonyl (C=O) groups excluding carboxylic acids is 1. The van der Waals surface area contributed by atoms with Crippen molar-refractivity contribution in [1.82, 2.24) is 15.9 Å². The summed E-state index contributed by atoms with van der Waals surface area (Å²) in [5, 5.41) is 6.57. The molecule has 4 N–H and O–H groups in total. The summed E-state index contributed by atoms with van der Waals surface area (Å²) in [5.74, 6) is 5.08. The second-order valence-corrected chi connectivity index (χ2v) is 2.43. The maximum absolute atomic E-state index is 10.9. The average molecular weight is 184 g/mol. The summed E-state index contributed by atoms with van der Waals surface area (Å²) in [6, 6.07) is 1.55. The molecule has 1 heterocycles. The molecule has 0 fully saturated rings. The Morgan fingerprint density at radius 2 is 2.54 bits per heavy atom. The molecule has 0 radical (unpaired) electrons. The third kappa shape index (κ3) is 2.53. The number of hydrogen-bond acceptors (Lipinski definition) is 5. The van der Waals surface area contributed by atoms with Crippen molar-refractivity contribution in [3.05, 3.63) is 17.5 Å². The van der Waals surface area contributed by atoms with Crippen LogP contribution in [0, 0.1) is 0 Å². The summed E-state index contributed by atoms with van der Waals surface area (Å²) in [5.41, 5.74) is 2.16. The van der Waals surface area contributed by atoms with E-state index in [0.29, 0.717) is 12.3 Å². The number of rotatable bonds is 4. The summed E-state index contributed by atoms with van der Waals surface area (Å²) in [7, 11) is 0. The third-order valence-electron chi connectivity index (χ3n) is 1.47. The normalized spacial score (nSPS) is 10.0. The minimum atomic E-state index is -0.452. The van der Waals surface area contributed by atoms with Gasteiger partial charge in [-0.2, -0.15) is 0 Å². The van der Waals surface area contributed by atoms with Crippen molar-refractivity contribution in [2.45, 2.75) is 13.5 Å². The number of nitrogens with two attached hydrogens (primary N) is 1. The SMILES string of the molecule is CCNCc1cc(C(=O)NN)no1. The molecule has 1 aromatic heterocycles. The second-order valence-electron chi connectivity index (χ2n) is 2.43. The topological polar surface area (TPSA) is 93.2 Å². The van der Waals surface area contributed by atoms with E-state index in [1.54, 1.807) is 6.07 Å². The number of nitrogen functional groups attached to an aromatic ring is 1. The van der Waals surface area contributed by atoms with Gasteiger partial charge in [0.05, 0.1) is 6.54 Å². The predicted octanol–water partition coefficient (Wildman–Crippen LogP) is -0.612. The minimum absolute atomic E-state index is 0.190. The van der Waals surface area contributed by atoms with Crippen LogP contribution in [0.1, 0.15) is 23.2 Å². The molecule has 13 heavy (non-hydrogen) atoms. The van der Waals surface area contributed by atoms with E-state index in [9.17, 15) is 4.79 Å². The highest BCUT2D eigenvalue weighted by atomic mass is 16.5. The van der Waals surface area contributed by atoms with Crippen LogP contribution in [0.25, 0.3) is 0 Å². The molecule has 0 aliphatic carbocycles. The van der Waals surface area contributed by atoms with Gasteiger partial charge in [-0.3, -0.25) is 10.2 Å². The van der Waals surface area contributed by atoms with Gasteiger partial charge in [0.25, 0.3) is 5.91 Å². The van der Waals surface area contributed by atoms with Gasteiger partial charge in [0.15, 0.2) is 11.5 Å². The highest BCUT2D eigenvalue weighted by molar-refractivity contribution is 5.91. The maximum Gasteiger partial charge on any atom is 0.287 e. The Labute approximate surface area is 75.4 Å². The molecule has 0 unspecified atom stereocenters. The van der Waals surface area contributed by atoms with Crippen molar-refractivity contribution in [2.75, 3.05) is 6.54 Å². The molecule has 1 rings (SSSR count). The molecule has 0 spiro atoms. The first kappa shape index (κ1) is 9.69. The average Bonchev–Trinajstić information content (AvgIpc) is 2.62. The fourth-order valence-corrected chi connectivity index (χ4v) is 0.825. The fraction of sp³-hybridized carbons (Fsp3) is 0.429. The van der Waals surface area contributed by atoms with Crippen LogP contribution in [0.3, 0.4) is 0 Å². The first-order valence-electron chi connectivity index (χ1n) is 3.95. The van der Waals surface area contributed by atoms with E-state index in [2.05, 4.69) is 10.5 Å². The van der Waals surface area contributed by atoms with Crippen LogP contribution in [0.4, 0.5) is 0 Å². The maximum atomic E-state index is 10.9. The number of nitrogens with zero attached hydrogens (tertiary/aromatic N) is 1. The third-order valence-corrected chi connectivity index (χ3v) is 1.47. The lowest BCUT2D eigenvalue weighted by molar-refractivity contribution is 0.0944. The summed E-state index contributed by atoms with van der Waals surface area (Å²) in [6.07, 6.45) is 0. The highest BCUT2D eigenvalue weighted by Crippen LogP contribution is 2.02. The number of hydrogen-bond donors (Lipinski definition) is 3. The van der Waals surface area contributed by atoms with Gasteiger partial charge >= 0.3 is 0 Å². The molecule has 0 aliphatic rings. The van der Waals surface area contributed by atoms with E-state index in [-0.39, 0.29) is 5.69 Å². The van der Waals surface area contributed by atoms with E-state index in [1.807, 2.05) is 12.3 Å². The van der Waals surface area contributed by atoms with Crippen LogP contribution < -0.4 is 16.6 Å². The zero-order valence-electron chi connectivity index (χ0n) is 7.33. The molecule has 72 valence electrons. The molecular formula is C7H12N4O2. The van der Waals surface area contributed by atoms with Crippen LogP contribution in [0.15, 0.2) is 10.6 Å². The summed E-state index contributed by atoms with van der Waals surface area (Å²) in [4.78, 5) is 10.9. The van der Waals surface area contributed by atoms with E-state index >= 15 is 0 Å². The molecule has 1 amide bonds. The van der Waals surface area contributed by atoms with Crippen molar-refractivity contribution in [3.8, 4) is 0 Å². The smallest absolute Gasteiger partial charge is 0.287 e. The van der Waals surface area contributed by atoms with Crippen LogP contribution >= 0.6 is 0 Å². The molecule has 6 nitrogen and oxygen atoms in total. The Kier molecular flexibility index (Phi) is 3.41. The van der Waals surface area contributed by atoms with Gasteiger partial charge in [0.2, 0.25) is 0 Å². The molecule has 1 aromatic rings. The van der Waals surface area contributed by atoms with E-state index in [1.165, 1.54) is 0 Å². The summed E-state index contributed by atoms with van der Waals surface area (Å²) < 4.78 is 4.86. The van der Waals surface area contributed by atoms with Crippen LogP contribution in [-0.2, 0) is 6.54 Å². The van der Waals surface area contributed by atoms with E-state index < -0.39 is 5.91 Å². The lowest BCUT2D eigenvalue weighted by Crippen LogP contribution is -2.30. The lowest BCUT2D eigenvalue weighted by Gasteiger charge is -1.93. The fourth-order valence-electron chi connectivity index (χ4n) is 0.825. The van der Waals surface area contributed by atoms with Gasteiger partial charge < -0.3 is 9.84 Å².